The molecule has 1 saturated heterocycles. The van der Waals surface area contributed by atoms with Gasteiger partial charge in [-0.25, -0.2) is 4.99 Å². The second-order valence-electron chi connectivity index (χ2n) is 8.05. The molecule has 0 spiro atoms. The highest BCUT2D eigenvalue weighted by molar-refractivity contribution is 8.14. The second-order valence-corrected chi connectivity index (χ2v) is 9.35. The van der Waals surface area contributed by atoms with E-state index in [2.05, 4.69) is 14.8 Å². The highest BCUT2D eigenvalue weighted by Crippen LogP contribution is 2.45. The third-order valence-corrected chi connectivity index (χ3v) is 6.38. The van der Waals surface area contributed by atoms with Crippen LogP contribution in [0.5, 0.6) is 5.75 Å². The van der Waals surface area contributed by atoms with Crippen LogP contribution in [0.4, 0.5) is 19.0 Å². The van der Waals surface area contributed by atoms with Gasteiger partial charge in [0.1, 0.15) is 5.75 Å². The predicted molar refractivity (Wildman–Crippen MR) is 109 cm³/mol. The van der Waals surface area contributed by atoms with Gasteiger partial charge in [-0.15, -0.1) is 13.2 Å². The molecule has 1 aromatic heterocycles. The van der Waals surface area contributed by atoms with E-state index < -0.39 is 6.36 Å². The number of hydrogen-bond acceptors (Lipinski definition) is 5. The van der Waals surface area contributed by atoms with Gasteiger partial charge in [-0.3, -0.25) is 14.6 Å². The zero-order chi connectivity index (χ0) is 21.7. The molecular weight excluding hydrogens is 419 g/mol. The number of aromatic nitrogens is 2. The number of H-pyrrole nitrogens is 1. The van der Waals surface area contributed by atoms with E-state index in [1.54, 1.807) is 12.1 Å². The number of ether oxygens (including phenoxy) is 2. The van der Waals surface area contributed by atoms with E-state index in [1.807, 2.05) is 25.5 Å². The maximum Gasteiger partial charge on any atom is 0.573 e. The SMILES string of the molecule is CC1=Nc2c(c(=O)[nH]n2C2CCOC(C)(C)C2)C(c2ccc(OC(F)(F)F)cc2)S1. The van der Waals surface area contributed by atoms with Crippen molar-refractivity contribution in [3.63, 3.8) is 0 Å². The molecule has 162 valence electrons. The quantitative estimate of drug-likeness (QED) is 0.720. The summed E-state index contributed by atoms with van der Waals surface area (Å²) < 4.78 is 48.9. The summed E-state index contributed by atoms with van der Waals surface area (Å²) in [5.74, 6) is 0.285. The van der Waals surface area contributed by atoms with E-state index in [0.717, 1.165) is 17.9 Å². The van der Waals surface area contributed by atoms with Crippen molar-refractivity contribution in [2.75, 3.05) is 6.61 Å². The Morgan fingerprint density at radius 2 is 2.00 bits per heavy atom. The fourth-order valence-corrected chi connectivity index (χ4v) is 5.08. The summed E-state index contributed by atoms with van der Waals surface area (Å²) >= 11 is 1.40. The average molecular weight is 441 g/mol. The van der Waals surface area contributed by atoms with Crippen LogP contribution in [0, 0.1) is 0 Å². The van der Waals surface area contributed by atoms with Crippen LogP contribution in [0.2, 0.25) is 0 Å². The van der Waals surface area contributed by atoms with Crippen LogP contribution in [-0.2, 0) is 4.74 Å². The molecule has 0 saturated carbocycles. The Morgan fingerprint density at radius 1 is 1.30 bits per heavy atom. The summed E-state index contributed by atoms with van der Waals surface area (Å²) in [6.07, 6.45) is -3.25. The van der Waals surface area contributed by atoms with Crippen LogP contribution >= 0.6 is 11.8 Å². The van der Waals surface area contributed by atoms with Crippen molar-refractivity contribution >= 4 is 22.6 Å². The zero-order valence-corrected chi connectivity index (χ0v) is 17.6. The van der Waals surface area contributed by atoms with Gasteiger partial charge in [0.2, 0.25) is 0 Å². The van der Waals surface area contributed by atoms with Crippen molar-refractivity contribution in [1.29, 1.82) is 0 Å². The van der Waals surface area contributed by atoms with Crippen molar-refractivity contribution in [2.45, 2.75) is 56.9 Å². The molecule has 30 heavy (non-hydrogen) atoms. The van der Waals surface area contributed by atoms with E-state index in [4.69, 9.17) is 4.74 Å². The van der Waals surface area contributed by atoms with Crippen LogP contribution in [0.25, 0.3) is 0 Å². The first-order valence-electron chi connectivity index (χ1n) is 9.58. The lowest BCUT2D eigenvalue weighted by molar-refractivity contribution is -0.274. The van der Waals surface area contributed by atoms with Crippen LogP contribution in [-0.4, -0.2) is 33.4 Å². The lowest BCUT2D eigenvalue weighted by Gasteiger charge is -2.36. The monoisotopic (exact) mass is 441 g/mol. The fourth-order valence-electron chi connectivity index (χ4n) is 3.97. The number of nitrogens with zero attached hydrogens (tertiary/aromatic N) is 2. The Hall–Kier alpha value is -2.20. The predicted octanol–water partition coefficient (Wildman–Crippen LogP) is 5.09. The number of aliphatic imine (C=N–C) groups is 1. The molecule has 1 fully saturated rings. The molecule has 2 aliphatic rings. The van der Waals surface area contributed by atoms with Crippen molar-refractivity contribution in [1.82, 2.24) is 9.78 Å². The van der Waals surface area contributed by atoms with Gasteiger partial charge < -0.3 is 9.47 Å². The lowest BCUT2D eigenvalue weighted by Crippen LogP contribution is -2.35. The summed E-state index contributed by atoms with van der Waals surface area (Å²) in [5.41, 5.74) is 0.686. The van der Waals surface area contributed by atoms with Gasteiger partial charge in [0.15, 0.2) is 5.82 Å². The Labute approximate surface area is 175 Å². The number of halogens is 3. The minimum Gasteiger partial charge on any atom is -0.406 e. The van der Waals surface area contributed by atoms with Gasteiger partial charge in [-0.05, 0) is 51.3 Å². The fraction of sp³-hybridized carbons (Fsp3) is 0.500. The van der Waals surface area contributed by atoms with Crippen molar-refractivity contribution in [3.05, 3.63) is 45.7 Å². The molecule has 0 bridgehead atoms. The summed E-state index contributed by atoms with van der Waals surface area (Å²) in [4.78, 5) is 17.5. The number of aromatic amines is 1. The Kier molecular flexibility index (Phi) is 5.26. The number of rotatable bonds is 3. The van der Waals surface area contributed by atoms with Crippen LogP contribution in [0.3, 0.4) is 0 Å². The van der Waals surface area contributed by atoms with Crippen molar-refractivity contribution < 1.29 is 22.6 Å². The first-order valence-corrected chi connectivity index (χ1v) is 10.5. The number of nitrogens with one attached hydrogen (secondary N) is 1. The third kappa shape index (κ3) is 4.29. The van der Waals surface area contributed by atoms with Crippen LogP contribution in [0.15, 0.2) is 34.1 Å². The van der Waals surface area contributed by atoms with E-state index >= 15 is 0 Å². The smallest absolute Gasteiger partial charge is 0.406 e. The number of fused-ring (bicyclic) bond motifs is 1. The number of hydrogen-bond donors (Lipinski definition) is 1. The van der Waals surface area contributed by atoms with Gasteiger partial charge in [0.25, 0.3) is 5.56 Å². The highest BCUT2D eigenvalue weighted by atomic mass is 32.2. The first-order chi connectivity index (χ1) is 14.0. The molecule has 3 heterocycles. The molecular formula is C20H22F3N3O3S. The Bertz CT molecular complexity index is 1020. The maximum atomic E-state index is 12.9. The van der Waals surface area contributed by atoms with Crippen LogP contribution < -0.4 is 10.3 Å². The normalized spacial score (nSPS) is 23.6. The molecule has 0 radical (unpaired) electrons. The largest absolute Gasteiger partial charge is 0.573 e. The molecule has 2 aromatic rings. The van der Waals surface area contributed by atoms with E-state index in [1.165, 1.54) is 23.9 Å². The third-order valence-electron chi connectivity index (χ3n) is 5.20. The number of alkyl halides is 3. The molecule has 0 aliphatic carbocycles. The Morgan fingerprint density at radius 3 is 2.63 bits per heavy atom. The minimum atomic E-state index is -4.75. The molecule has 1 N–H and O–H groups in total. The molecule has 6 nitrogen and oxygen atoms in total. The highest BCUT2D eigenvalue weighted by Gasteiger charge is 2.36. The number of thioether (sulfide) groups is 1. The zero-order valence-electron chi connectivity index (χ0n) is 16.7. The standard InChI is InChI=1S/C20H22F3N3O3S/c1-11-24-17-15(18(27)25-26(17)13-8-9-28-19(2,3)10-13)16(30-11)12-4-6-14(7-5-12)29-20(21,22)23/h4-7,13,16H,8-10H2,1-3H3,(H,25,27). The van der Waals surface area contributed by atoms with Gasteiger partial charge in [-0.2, -0.15) is 0 Å². The van der Waals surface area contributed by atoms with Gasteiger partial charge in [-0.1, -0.05) is 23.9 Å². The maximum absolute atomic E-state index is 12.9. The molecule has 2 atom stereocenters. The molecule has 4 rings (SSSR count). The molecule has 10 heteroatoms. The van der Waals surface area contributed by atoms with Gasteiger partial charge in [0.05, 0.1) is 27.5 Å². The summed E-state index contributed by atoms with van der Waals surface area (Å²) in [6.45, 7) is 6.49. The van der Waals surface area contributed by atoms with Crippen molar-refractivity contribution in [3.8, 4) is 5.75 Å². The van der Waals surface area contributed by atoms with Crippen molar-refractivity contribution in [2.24, 2.45) is 4.99 Å². The first kappa shape index (κ1) is 21.0. The average Bonchev–Trinajstić information content (AvgIpc) is 2.96. The topological polar surface area (TPSA) is 68.6 Å². The minimum absolute atomic E-state index is 0.0491. The lowest BCUT2D eigenvalue weighted by atomic mass is 9.94. The summed E-state index contributed by atoms with van der Waals surface area (Å²) in [7, 11) is 0. The molecule has 2 aliphatic heterocycles. The number of benzene rings is 1. The van der Waals surface area contributed by atoms with Gasteiger partial charge in [0, 0.05) is 6.61 Å². The van der Waals surface area contributed by atoms with E-state index in [9.17, 15) is 18.0 Å². The molecule has 0 amide bonds. The molecule has 1 aromatic carbocycles. The Balaban J connectivity index is 1.69. The second kappa shape index (κ2) is 7.49. The summed E-state index contributed by atoms with van der Waals surface area (Å²) in [5, 5.41) is 3.35. The summed E-state index contributed by atoms with van der Waals surface area (Å²) in [6, 6.07) is 5.67. The van der Waals surface area contributed by atoms with E-state index in [-0.39, 0.29) is 28.2 Å². The van der Waals surface area contributed by atoms with Crippen LogP contribution in [0.1, 0.15) is 56.0 Å². The van der Waals surface area contributed by atoms with E-state index in [0.29, 0.717) is 23.6 Å². The molecule has 2 unspecified atom stereocenters. The van der Waals surface area contributed by atoms with Gasteiger partial charge >= 0.3 is 6.36 Å².